The Labute approximate surface area is 175 Å². The van der Waals surface area contributed by atoms with Crippen LogP contribution in [0.25, 0.3) is 11.3 Å². The Kier molecular flexibility index (Phi) is 5.92. The maximum absolute atomic E-state index is 14.1. The third kappa shape index (κ3) is 5.17. The van der Waals surface area contributed by atoms with Crippen molar-refractivity contribution >= 4 is 33.2 Å². The minimum atomic E-state index is -3.73. The van der Waals surface area contributed by atoms with E-state index in [1.165, 1.54) is 36.4 Å². The molecule has 0 saturated carbocycles. The number of carbonyl (C=O) groups excluding carboxylic acids is 2. The maximum atomic E-state index is 14.1. The molecular weight excluding hydrogens is 432 g/mol. The van der Waals surface area contributed by atoms with E-state index in [-0.39, 0.29) is 22.6 Å². The molecule has 3 rings (SSSR count). The van der Waals surface area contributed by atoms with E-state index in [4.69, 9.17) is 5.73 Å². The molecule has 0 saturated heterocycles. The molecule has 4 N–H and O–H groups in total. The molecule has 0 fully saturated rings. The first-order chi connectivity index (χ1) is 14.5. The van der Waals surface area contributed by atoms with Crippen LogP contribution in [-0.2, 0) is 10.0 Å². The lowest BCUT2D eigenvalue weighted by molar-refractivity contribution is 0.0977. The second kappa shape index (κ2) is 8.44. The third-order valence-corrected chi connectivity index (χ3v) is 4.51. The Hall–Kier alpha value is -3.93. The summed E-state index contributed by atoms with van der Waals surface area (Å²) in [5.41, 5.74) is 4.86. The van der Waals surface area contributed by atoms with Gasteiger partial charge in [-0.3, -0.25) is 9.59 Å². The molecule has 160 valence electrons. The fraction of sp³-hybridized carbons (Fsp3) is 0.0526. The molecule has 0 aliphatic carbocycles. The van der Waals surface area contributed by atoms with Crippen molar-refractivity contribution < 1.29 is 26.8 Å². The average molecular weight is 447 g/mol. The molecule has 0 radical (unpaired) electrons. The number of benzene rings is 2. The number of rotatable bonds is 6. The molecule has 0 spiro atoms. The zero-order valence-corrected chi connectivity index (χ0v) is 16.7. The van der Waals surface area contributed by atoms with E-state index in [1.54, 1.807) is 0 Å². The predicted octanol–water partition coefficient (Wildman–Crippen LogP) is 1.95. The highest BCUT2D eigenvalue weighted by molar-refractivity contribution is 7.89. The minimum absolute atomic E-state index is 0.0218. The number of aromatic nitrogens is 2. The number of carbonyl (C=O) groups is 2. The topological polar surface area (TPSA) is 144 Å². The highest BCUT2D eigenvalue weighted by Gasteiger charge is 2.18. The first kappa shape index (κ1) is 21.8. The maximum Gasteiger partial charge on any atom is 0.271 e. The molecular formula is C19H15F2N5O4S. The summed E-state index contributed by atoms with van der Waals surface area (Å²) in [6, 6.07) is 10.0. The number of hydrogen-bond donors (Lipinski definition) is 3. The second-order valence-electron chi connectivity index (χ2n) is 6.36. The Morgan fingerprint density at radius 3 is 2.16 bits per heavy atom. The van der Waals surface area contributed by atoms with Crippen molar-refractivity contribution in [2.75, 3.05) is 11.6 Å². The molecule has 3 aromatic rings. The van der Waals surface area contributed by atoms with Crippen LogP contribution in [0.15, 0.2) is 48.5 Å². The van der Waals surface area contributed by atoms with Crippen LogP contribution >= 0.6 is 0 Å². The molecule has 2 amide bonds. The lowest BCUT2D eigenvalue weighted by Crippen LogP contribution is -2.29. The van der Waals surface area contributed by atoms with Gasteiger partial charge in [0.1, 0.15) is 17.3 Å². The summed E-state index contributed by atoms with van der Waals surface area (Å²) >= 11 is 0. The van der Waals surface area contributed by atoms with Gasteiger partial charge >= 0.3 is 0 Å². The zero-order valence-electron chi connectivity index (χ0n) is 15.9. The first-order valence-electron chi connectivity index (χ1n) is 8.56. The van der Waals surface area contributed by atoms with Gasteiger partial charge in [0, 0.05) is 11.3 Å². The van der Waals surface area contributed by atoms with Gasteiger partial charge in [0.2, 0.25) is 10.0 Å². The van der Waals surface area contributed by atoms with Crippen LogP contribution in [0, 0.1) is 11.6 Å². The van der Waals surface area contributed by atoms with Crippen molar-refractivity contribution in [2.45, 2.75) is 0 Å². The number of anilines is 2. The van der Waals surface area contributed by atoms with Crippen molar-refractivity contribution in [1.29, 1.82) is 0 Å². The van der Waals surface area contributed by atoms with Gasteiger partial charge in [-0.2, -0.15) is 0 Å². The van der Waals surface area contributed by atoms with E-state index in [0.717, 1.165) is 18.4 Å². The molecule has 0 atom stereocenters. The normalized spacial score (nSPS) is 11.1. The molecule has 1 aromatic heterocycles. The number of primary amides is 1. The van der Waals surface area contributed by atoms with Gasteiger partial charge in [-0.1, -0.05) is 6.07 Å². The van der Waals surface area contributed by atoms with E-state index >= 15 is 0 Å². The van der Waals surface area contributed by atoms with Gasteiger partial charge < -0.3 is 11.1 Å². The summed E-state index contributed by atoms with van der Waals surface area (Å²) in [5, 5.41) is 10.2. The number of nitrogens with zero attached hydrogens (tertiary/aromatic N) is 2. The van der Waals surface area contributed by atoms with E-state index in [1.807, 2.05) is 4.72 Å². The van der Waals surface area contributed by atoms with E-state index in [0.29, 0.717) is 5.69 Å². The lowest BCUT2D eigenvalue weighted by Gasteiger charge is -2.12. The highest BCUT2D eigenvalue weighted by Crippen LogP contribution is 2.28. The van der Waals surface area contributed by atoms with Crippen LogP contribution in [-0.4, -0.2) is 36.7 Å². The molecule has 12 heteroatoms. The SMILES string of the molecule is CS(=O)(=O)NC(=O)c1ccc(Nc2cc(-c3c(F)cccc3F)nnc2C(N)=O)cc1. The summed E-state index contributed by atoms with van der Waals surface area (Å²) in [4.78, 5) is 23.6. The first-order valence-corrected chi connectivity index (χ1v) is 10.5. The fourth-order valence-corrected chi connectivity index (χ4v) is 3.08. The van der Waals surface area contributed by atoms with Crippen molar-refractivity contribution in [3.8, 4) is 11.3 Å². The van der Waals surface area contributed by atoms with E-state index < -0.39 is 39.0 Å². The van der Waals surface area contributed by atoms with Gasteiger partial charge in [0.15, 0.2) is 5.69 Å². The molecule has 0 aliphatic heterocycles. The smallest absolute Gasteiger partial charge is 0.271 e. The van der Waals surface area contributed by atoms with E-state index in [2.05, 4.69) is 15.5 Å². The quantitative estimate of drug-likeness (QED) is 0.524. The zero-order chi connectivity index (χ0) is 22.8. The number of nitrogens with two attached hydrogens (primary N) is 1. The van der Waals surface area contributed by atoms with Gasteiger partial charge in [-0.15, -0.1) is 10.2 Å². The van der Waals surface area contributed by atoms with Gasteiger partial charge in [0.25, 0.3) is 11.8 Å². The Balaban J connectivity index is 1.95. The van der Waals surface area contributed by atoms with Gasteiger partial charge in [-0.05, 0) is 42.5 Å². The van der Waals surface area contributed by atoms with Crippen molar-refractivity contribution in [3.05, 3.63) is 71.4 Å². The molecule has 31 heavy (non-hydrogen) atoms. The van der Waals surface area contributed by atoms with Gasteiger partial charge in [-0.25, -0.2) is 21.9 Å². The largest absolute Gasteiger partial charge is 0.364 e. The standard InChI is InChI=1S/C19H15F2N5O4S/c1-31(29,30)26-19(28)10-5-7-11(8-6-10)23-15-9-14(24-25-17(15)18(22)27)16-12(20)3-2-4-13(16)21/h2-9H,1H3,(H2,22,27)(H,23,24)(H,26,28). The third-order valence-electron chi connectivity index (χ3n) is 3.95. The monoisotopic (exact) mass is 447 g/mol. The summed E-state index contributed by atoms with van der Waals surface area (Å²) in [6.07, 6.45) is 0.846. The molecule has 0 bridgehead atoms. The summed E-state index contributed by atoms with van der Waals surface area (Å²) in [5.74, 6) is -3.49. The molecule has 1 heterocycles. The Bertz CT molecular complexity index is 1260. The second-order valence-corrected chi connectivity index (χ2v) is 8.11. The van der Waals surface area contributed by atoms with Crippen LogP contribution in [0.5, 0.6) is 0 Å². The number of sulfonamides is 1. The van der Waals surface area contributed by atoms with Crippen LogP contribution in [0.3, 0.4) is 0 Å². The minimum Gasteiger partial charge on any atom is -0.364 e. The van der Waals surface area contributed by atoms with E-state index in [9.17, 15) is 26.8 Å². The molecule has 0 unspecified atom stereocenters. The summed E-state index contributed by atoms with van der Waals surface area (Å²) in [6.45, 7) is 0. The van der Waals surface area contributed by atoms with Gasteiger partial charge in [0.05, 0.1) is 17.5 Å². The molecule has 2 aromatic carbocycles. The molecule has 9 nitrogen and oxygen atoms in total. The highest BCUT2D eigenvalue weighted by atomic mass is 32.2. The van der Waals surface area contributed by atoms with Crippen molar-refractivity contribution in [3.63, 3.8) is 0 Å². The van der Waals surface area contributed by atoms with Crippen LogP contribution in [0.1, 0.15) is 20.8 Å². The van der Waals surface area contributed by atoms with Crippen molar-refractivity contribution in [1.82, 2.24) is 14.9 Å². The molecule has 0 aliphatic rings. The summed E-state index contributed by atoms with van der Waals surface area (Å²) in [7, 11) is -3.73. The Morgan fingerprint density at radius 2 is 1.61 bits per heavy atom. The number of halogens is 2. The Morgan fingerprint density at radius 1 is 1.00 bits per heavy atom. The summed E-state index contributed by atoms with van der Waals surface area (Å²) < 4.78 is 52.3. The van der Waals surface area contributed by atoms with Crippen molar-refractivity contribution in [2.24, 2.45) is 5.73 Å². The van der Waals surface area contributed by atoms with Crippen LogP contribution in [0.2, 0.25) is 0 Å². The predicted molar refractivity (Wildman–Crippen MR) is 108 cm³/mol. The fourth-order valence-electron chi connectivity index (χ4n) is 2.62. The number of amides is 2. The average Bonchev–Trinajstić information content (AvgIpc) is 2.67. The number of hydrogen-bond acceptors (Lipinski definition) is 7. The van der Waals surface area contributed by atoms with Crippen LogP contribution < -0.4 is 15.8 Å². The lowest BCUT2D eigenvalue weighted by atomic mass is 10.1. The van der Waals surface area contributed by atoms with Crippen LogP contribution in [0.4, 0.5) is 20.2 Å². The number of nitrogens with one attached hydrogen (secondary N) is 2.